The molecular weight excluding hydrogens is 1540 g/mol. The molecule has 4 aliphatic rings. The molecule has 38 nitrogen and oxygen atoms in total. The fraction of sp³-hybridized carbons (Fsp3) is 0.886. The van der Waals surface area contributed by atoms with Gasteiger partial charge in [-0.1, -0.05) is 59.3 Å². The molecule has 17 atom stereocenters. The van der Waals surface area contributed by atoms with Gasteiger partial charge in [-0.25, -0.2) is 14.4 Å². The lowest BCUT2D eigenvalue weighted by Crippen LogP contribution is -2.55. The summed E-state index contributed by atoms with van der Waals surface area (Å²) in [7, 11) is 3.18. The minimum Gasteiger partial charge on any atom is -0.450 e. The number of carbonyl (C=O) groups is 9. The van der Waals surface area contributed by atoms with Crippen LogP contribution in [0.4, 0.5) is 14.4 Å². The fourth-order valence-electron chi connectivity index (χ4n) is 14.3. The predicted molar refractivity (Wildman–Crippen MR) is 422 cm³/mol. The van der Waals surface area contributed by atoms with Gasteiger partial charge in [-0.05, 0) is 109 Å². The number of nitrogens with zero attached hydrogens (tertiary/aromatic N) is 1. The molecule has 4 saturated heterocycles. The first-order valence-electron chi connectivity index (χ1n) is 42.4. The van der Waals surface area contributed by atoms with Crippen LogP contribution < -0.4 is 42.5 Å². The minimum atomic E-state index is -1.24. The highest BCUT2D eigenvalue weighted by atomic mass is 16.7. The Kier molecular flexibility index (Phi) is 53.4. The van der Waals surface area contributed by atoms with E-state index in [-0.39, 0.29) is 159 Å². The summed E-state index contributed by atoms with van der Waals surface area (Å²) in [4.78, 5) is 119. The number of rotatable bonds is 62. The maximum absolute atomic E-state index is 14.1. The maximum Gasteiger partial charge on any atom is 0.407 e. The van der Waals surface area contributed by atoms with Crippen LogP contribution in [-0.4, -0.2) is 329 Å². The molecule has 17 N–H and O–H groups in total. The van der Waals surface area contributed by atoms with Crippen molar-refractivity contribution in [2.24, 2.45) is 17.8 Å². The predicted octanol–water partition coefficient (Wildman–Crippen LogP) is 0.945. The normalized spacial score (nSPS) is 25.6. The second-order valence-corrected chi connectivity index (χ2v) is 30.9. The van der Waals surface area contributed by atoms with Crippen molar-refractivity contribution in [1.29, 1.82) is 0 Å². The summed E-state index contributed by atoms with van der Waals surface area (Å²) in [6.45, 7) is 7.27. The molecule has 0 spiro atoms. The molecule has 4 rings (SSSR count). The number of likely N-dealkylation sites (tertiary alicyclic amines) is 1. The standard InChI is InChI=1S/C79H143N9O29/c1-53-67(98)70(101)58(49-89)115-73(53)109-41-19-25-61(92)80-34-12-6-9-15-37-84-76(104)112-44-22-31-79(87-65(96)30-29-64(95)83-40-18-28-66(97)88-48-57(108-5)47-56(88)52-107-4,32-23-45-113-77(105)85-38-16-10-7-13-35-81-62(93)26-20-42-110-74-54(2)68(99)71(102)59(50-90)116-74)33-24-46-114-78(106)86-39-17-11-8-14-36-82-63(94)27-21-43-111-75-55(3)69(100)72(103)60(51-91)117-75/h53-60,67-75,89-91,98-103H,6-52H2,1-5H3,(H,80,92)(H,81,93)(H,82,94)(H,83,95)(H,84,104)(H,85,105)(H,86,106)(H,87,96)/t53?,54?,55?,56-,57+,58?,59?,60?,67?,68?,69?,70?,71?,72?,73?,74?,75?,79?/m1/s1. The largest absolute Gasteiger partial charge is 0.450 e. The summed E-state index contributed by atoms with van der Waals surface area (Å²) in [5, 5.41) is 112. The van der Waals surface area contributed by atoms with E-state index in [0.717, 1.165) is 38.5 Å². The Morgan fingerprint density at radius 2 is 0.692 bits per heavy atom. The first kappa shape index (κ1) is 103. The van der Waals surface area contributed by atoms with Crippen LogP contribution in [0.1, 0.15) is 207 Å². The number of unbranched alkanes of at least 4 members (excludes halogenated alkanes) is 9. The van der Waals surface area contributed by atoms with Crippen LogP contribution in [-0.2, 0) is 80.9 Å². The number of nitrogens with one attached hydrogen (secondary N) is 8. The third-order valence-electron chi connectivity index (χ3n) is 21.5. The summed E-state index contributed by atoms with van der Waals surface area (Å²) in [5.74, 6) is -3.03. The van der Waals surface area contributed by atoms with Crippen LogP contribution in [0.3, 0.4) is 0 Å². The van der Waals surface area contributed by atoms with Crippen LogP contribution >= 0.6 is 0 Å². The second kappa shape index (κ2) is 60.4. The lowest BCUT2D eigenvalue weighted by atomic mass is 9.83. The van der Waals surface area contributed by atoms with E-state index in [1.54, 1.807) is 39.9 Å². The van der Waals surface area contributed by atoms with Gasteiger partial charge in [0.1, 0.15) is 36.6 Å². The van der Waals surface area contributed by atoms with Crippen molar-refractivity contribution in [3.8, 4) is 0 Å². The Morgan fingerprint density at radius 3 is 1.02 bits per heavy atom. The topological polar surface area (TPSA) is 537 Å². The first-order chi connectivity index (χ1) is 56.3. The van der Waals surface area contributed by atoms with E-state index in [0.29, 0.717) is 123 Å². The average Bonchev–Trinajstić information content (AvgIpc) is 1.63. The molecule has 0 aromatic carbocycles. The molecule has 4 aliphatic heterocycles. The third-order valence-corrected chi connectivity index (χ3v) is 21.5. The van der Waals surface area contributed by atoms with Gasteiger partial charge in [-0.15, -0.1) is 0 Å². The summed E-state index contributed by atoms with van der Waals surface area (Å²) in [5.41, 5.74) is -1.05. The molecule has 0 bridgehead atoms. The van der Waals surface area contributed by atoms with E-state index in [1.807, 2.05) is 0 Å². The Labute approximate surface area is 688 Å². The highest BCUT2D eigenvalue weighted by Gasteiger charge is 2.45. The molecule has 0 aromatic rings. The number of aliphatic hydroxyl groups is 9. The molecule has 0 radical (unpaired) electrons. The molecule has 15 unspecified atom stereocenters. The maximum atomic E-state index is 14.1. The van der Waals surface area contributed by atoms with E-state index in [2.05, 4.69) is 42.5 Å². The summed E-state index contributed by atoms with van der Waals surface area (Å²) >= 11 is 0. The lowest BCUT2D eigenvalue weighted by Gasteiger charge is -2.40. The van der Waals surface area contributed by atoms with Gasteiger partial charge in [-0.2, -0.15) is 0 Å². The zero-order valence-corrected chi connectivity index (χ0v) is 69.7. The summed E-state index contributed by atoms with van der Waals surface area (Å²) in [6, 6.07) is -0.118. The second-order valence-electron chi connectivity index (χ2n) is 30.9. The highest BCUT2D eigenvalue weighted by molar-refractivity contribution is 5.84. The van der Waals surface area contributed by atoms with Gasteiger partial charge < -0.3 is 145 Å². The Hall–Kier alpha value is -6.05. The van der Waals surface area contributed by atoms with Crippen molar-refractivity contribution in [2.45, 2.75) is 298 Å². The molecule has 0 aliphatic carbocycles. The number of carbonyl (C=O) groups excluding carboxylic acids is 9. The van der Waals surface area contributed by atoms with Crippen LogP contribution in [0.15, 0.2) is 0 Å². The van der Waals surface area contributed by atoms with E-state index in [9.17, 15) is 89.1 Å². The monoisotopic (exact) mass is 1680 g/mol. The Bertz CT molecular complexity index is 2570. The Balaban J connectivity index is 1.26. The van der Waals surface area contributed by atoms with Gasteiger partial charge in [0.25, 0.3) is 0 Å². The molecule has 4 heterocycles. The fourth-order valence-corrected chi connectivity index (χ4v) is 14.3. The van der Waals surface area contributed by atoms with Crippen molar-refractivity contribution < 1.29 is 141 Å². The van der Waals surface area contributed by atoms with Gasteiger partial charge in [0.15, 0.2) is 18.9 Å². The zero-order chi connectivity index (χ0) is 85.8. The van der Waals surface area contributed by atoms with Crippen LogP contribution in [0, 0.1) is 17.8 Å². The molecule has 0 saturated carbocycles. The number of aliphatic hydroxyl groups excluding tert-OH is 9. The van der Waals surface area contributed by atoms with Crippen molar-refractivity contribution in [2.75, 3.05) is 133 Å². The zero-order valence-electron chi connectivity index (χ0n) is 69.7. The van der Waals surface area contributed by atoms with E-state index < -0.39 is 147 Å². The number of hydrogen-bond donors (Lipinski definition) is 17. The molecule has 9 amide bonds. The quantitative estimate of drug-likeness (QED) is 0.0298. The van der Waals surface area contributed by atoms with Gasteiger partial charge in [0.2, 0.25) is 35.4 Å². The van der Waals surface area contributed by atoms with Gasteiger partial charge in [0.05, 0.1) is 96.5 Å². The van der Waals surface area contributed by atoms with E-state index >= 15 is 0 Å². The van der Waals surface area contributed by atoms with Crippen LogP contribution in [0.25, 0.3) is 0 Å². The molecular formula is C79H143N9O29. The third kappa shape index (κ3) is 41.4. The summed E-state index contributed by atoms with van der Waals surface area (Å²) in [6.07, 6.45) is -1.86. The van der Waals surface area contributed by atoms with Gasteiger partial charge >= 0.3 is 18.3 Å². The lowest BCUT2D eigenvalue weighted by molar-refractivity contribution is -0.282. The van der Waals surface area contributed by atoms with Crippen molar-refractivity contribution in [3.63, 3.8) is 0 Å². The smallest absolute Gasteiger partial charge is 0.407 e. The van der Waals surface area contributed by atoms with Gasteiger partial charge in [0, 0.05) is 128 Å². The first-order valence-corrected chi connectivity index (χ1v) is 42.4. The van der Waals surface area contributed by atoms with Crippen molar-refractivity contribution >= 4 is 53.7 Å². The summed E-state index contributed by atoms with van der Waals surface area (Å²) < 4.78 is 61.4. The van der Waals surface area contributed by atoms with E-state index in [1.165, 1.54) is 0 Å². The van der Waals surface area contributed by atoms with Crippen LogP contribution in [0.2, 0.25) is 0 Å². The average molecular weight is 1680 g/mol. The number of ether oxygens (including phenoxy) is 11. The van der Waals surface area contributed by atoms with E-state index in [4.69, 9.17) is 52.1 Å². The number of hydrogen-bond acceptors (Lipinski definition) is 29. The number of alkyl carbamates (subject to hydrolysis) is 3. The van der Waals surface area contributed by atoms with Gasteiger partial charge in [-0.3, -0.25) is 28.8 Å². The SMILES string of the molecule is COC[C@H]1C[C@H](OC)CN1C(=O)CCCNC(=O)CCC(=O)NC(CCCOC(=O)NCCCCCCNC(=O)CCCOC1OC(CO)C(O)C(O)C1C)(CCCOC(=O)NCCCCCCNC(=O)CCCOC1OC(CO)C(O)C(O)C1C)CCCOC(=O)NCCCCCCNC(=O)CCCOC1OC(CO)C(O)C(O)C1C. The molecule has 4 fully saturated rings. The number of amides is 9. The molecule has 38 heteroatoms. The van der Waals surface area contributed by atoms with Crippen molar-refractivity contribution in [1.82, 2.24) is 47.4 Å². The molecule has 678 valence electrons. The Morgan fingerprint density at radius 1 is 0.376 bits per heavy atom. The number of methoxy groups -OCH3 is 2. The minimum absolute atomic E-state index is 0.0481. The molecule has 117 heavy (non-hydrogen) atoms. The van der Waals surface area contributed by atoms with Crippen molar-refractivity contribution in [3.05, 3.63) is 0 Å². The highest BCUT2D eigenvalue weighted by Crippen LogP contribution is 2.31. The van der Waals surface area contributed by atoms with Crippen LogP contribution in [0.5, 0.6) is 0 Å². The molecule has 0 aromatic heterocycles.